The van der Waals surface area contributed by atoms with Crippen molar-refractivity contribution in [1.82, 2.24) is 4.98 Å². The van der Waals surface area contributed by atoms with Crippen molar-refractivity contribution < 1.29 is 13.9 Å². The van der Waals surface area contributed by atoms with Gasteiger partial charge in [0.1, 0.15) is 12.4 Å². The molecule has 1 unspecified atom stereocenters. The van der Waals surface area contributed by atoms with Crippen LogP contribution in [0.2, 0.25) is 0 Å². The van der Waals surface area contributed by atoms with E-state index in [9.17, 15) is 4.79 Å². The van der Waals surface area contributed by atoms with Crippen molar-refractivity contribution in [2.24, 2.45) is 10.7 Å². The van der Waals surface area contributed by atoms with Gasteiger partial charge in [0, 0.05) is 12.1 Å². The molecule has 0 bridgehead atoms. The van der Waals surface area contributed by atoms with Crippen molar-refractivity contribution in [2.75, 3.05) is 11.9 Å². The molecule has 0 saturated carbocycles. The summed E-state index contributed by atoms with van der Waals surface area (Å²) in [4.78, 5) is 20.4. The molecule has 1 aromatic carbocycles. The molecule has 3 N–H and O–H groups in total. The van der Waals surface area contributed by atoms with Gasteiger partial charge in [-0.05, 0) is 30.5 Å². The van der Waals surface area contributed by atoms with Crippen LogP contribution in [0.5, 0.6) is 0 Å². The van der Waals surface area contributed by atoms with E-state index >= 15 is 0 Å². The minimum absolute atomic E-state index is 0.129. The molecule has 3 rings (SSSR count). The number of benzene rings is 1. The van der Waals surface area contributed by atoms with Gasteiger partial charge in [-0.1, -0.05) is 19.1 Å². The molecule has 0 aliphatic carbocycles. The summed E-state index contributed by atoms with van der Waals surface area (Å²) in [6.45, 7) is 2.47. The topological polar surface area (TPSA) is 103 Å². The number of oxazole rings is 1. The Kier molecular flexibility index (Phi) is 4.79. The minimum Gasteiger partial charge on any atom is -0.463 e. The predicted molar refractivity (Wildman–Crippen MR) is 90.0 cm³/mol. The van der Waals surface area contributed by atoms with Crippen LogP contribution in [0, 0.1) is 0 Å². The number of carbonyl (C=O) groups excluding carboxylic acids is 1. The van der Waals surface area contributed by atoms with Crippen LogP contribution in [0.25, 0.3) is 0 Å². The zero-order valence-corrected chi connectivity index (χ0v) is 13.5. The first kappa shape index (κ1) is 16.0. The molecular weight excluding hydrogens is 308 g/mol. The first-order valence-corrected chi connectivity index (χ1v) is 7.94. The summed E-state index contributed by atoms with van der Waals surface area (Å²) in [5.41, 5.74) is 7.72. The number of nitrogens with zero attached hydrogens (tertiary/aromatic N) is 2. The molecule has 1 aliphatic rings. The Labute approximate surface area is 139 Å². The third-order valence-corrected chi connectivity index (χ3v) is 3.89. The number of hydrogen-bond donors (Lipinski definition) is 2. The third kappa shape index (κ3) is 3.73. The van der Waals surface area contributed by atoms with Crippen LogP contribution in [0.3, 0.4) is 0 Å². The lowest BCUT2D eigenvalue weighted by Crippen LogP contribution is -2.14. The zero-order chi connectivity index (χ0) is 16.9. The molecule has 2 aromatic rings. The van der Waals surface area contributed by atoms with Crippen molar-refractivity contribution in [2.45, 2.75) is 32.2 Å². The summed E-state index contributed by atoms with van der Waals surface area (Å²) in [6.07, 6.45) is 3.67. The number of aliphatic imine (C=N–C) groups is 1. The Morgan fingerprint density at radius 1 is 1.38 bits per heavy atom. The number of carbonyl (C=O) groups is 1. The molecular formula is C17H20N4O3. The van der Waals surface area contributed by atoms with Gasteiger partial charge in [-0.25, -0.2) is 9.98 Å². The van der Waals surface area contributed by atoms with Crippen molar-refractivity contribution in [1.29, 1.82) is 0 Å². The summed E-state index contributed by atoms with van der Waals surface area (Å²) in [7, 11) is 0. The number of hydrogen-bond acceptors (Lipinski definition) is 6. The highest BCUT2D eigenvalue weighted by Crippen LogP contribution is 2.16. The lowest BCUT2D eigenvalue weighted by atomic mass is 10.1. The van der Waals surface area contributed by atoms with Gasteiger partial charge in [0.05, 0.1) is 6.04 Å². The first-order chi connectivity index (χ1) is 11.7. The van der Waals surface area contributed by atoms with E-state index in [0.717, 1.165) is 18.5 Å². The number of nitrogens with one attached hydrogen (secondary N) is 1. The van der Waals surface area contributed by atoms with Crippen LogP contribution in [0.1, 0.15) is 35.2 Å². The van der Waals surface area contributed by atoms with Crippen molar-refractivity contribution in [3.63, 3.8) is 0 Å². The quantitative estimate of drug-likeness (QED) is 0.845. The van der Waals surface area contributed by atoms with Gasteiger partial charge in [-0.2, -0.15) is 0 Å². The highest BCUT2D eigenvalue weighted by atomic mass is 16.5. The normalized spacial score (nSPS) is 16.5. The fraction of sp³-hybridized carbons (Fsp3) is 0.353. The van der Waals surface area contributed by atoms with E-state index in [-0.39, 0.29) is 18.0 Å². The molecule has 7 heteroatoms. The van der Waals surface area contributed by atoms with Gasteiger partial charge in [-0.3, -0.25) is 4.79 Å². The van der Waals surface area contributed by atoms with E-state index in [0.29, 0.717) is 24.5 Å². The van der Waals surface area contributed by atoms with Crippen LogP contribution in [-0.2, 0) is 17.6 Å². The van der Waals surface area contributed by atoms with Crippen molar-refractivity contribution in [3.8, 4) is 0 Å². The summed E-state index contributed by atoms with van der Waals surface area (Å²) in [6, 6.07) is 8.13. The minimum atomic E-state index is -0.263. The predicted octanol–water partition coefficient (Wildman–Crippen LogP) is 2.14. The fourth-order valence-electron chi connectivity index (χ4n) is 2.57. The second kappa shape index (κ2) is 7.16. The van der Waals surface area contributed by atoms with E-state index in [2.05, 4.69) is 15.3 Å². The van der Waals surface area contributed by atoms with Crippen LogP contribution < -0.4 is 11.1 Å². The Morgan fingerprint density at radius 3 is 2.83 bits per heavy atom. The Hall–Kier alpha value is -2.83. The SMILES string of the molecule is CCc1ocnc1C(=O)Nc1ccc(CCC2COC(N)=N2)cc1. The van der Waals surface area contributed by atoms with Crippen LogP contribution in [0.4, 0.5) is 5.69 Å². The zero-order valence-electron chi connectivity index (χ0n) is 13.5. The van der Waals surface area contributed by atoms with Gasteiger partial charge >= 0.3 is 0 Å². The maximum atomic E-state index is 12.2. The number of ether oxygens (including phenoxy) is 1. The van der Waals surface area contributed by atoms with E-state index < -0.39 is 0 Å². The van der Waals surface area contributed by atoms with Gasteiger partial charge in [0.25, 0.3) is 11.9 Å². The molecule has 1 amide bonds. The molecule has 7 nitrogen and oxygen atoms in total. The number of anilines is 1. The summed E-state index contributed by atoms with van der Waals surface area (Å²) < 4.78 is 10.3. The number of amidine groups is 1. The van der Waals surface area contributed by atoms with Crippen LogP contribution in [0.15, 0.2) is 40.1 Å². The smallest absolute Gasteiger partial charge is 0.282 e. The highest BCUT2D eigenvalue weighted by Gasteiger charge is 2.17. The van der Waals surface area contributed by atoms with E-state index in [1.807, 2.05) is 31.2 Å². The van der Waals surface area contributed by atoms with Crippen LogP contribution in [-0.4, -0.2) is 29.6 Å². The summed E-state index contributed by atoms with van der Waals surface area (Å²) in [5, 5.41) is 2.83. The number of aromatic nitrogens is 1. The van der Waals surface area contributed by atoms with E-state index in [4.69, 9.17) is 14.9 Å². The monoisotopic (exact) mass is 328 g/mol. The highest BCUT2D eigenvalue weighted by molar-refractivity contribution is 6.03. The van der Waals surface area contributed by atoms with E-state index in [1.54, 1.807) is 0 Å². The second-order valence-electron chi connectivity index (χ2n) is 5.60. The molecule has 0 fully saturated rings. The van der Waals surface area contributed by atoms with Crippen LogP contribution >= 0.6 is 0 Å². The van der Waals surface area contributed by atoms with Gasteiger partial charge in [-0.15, -0.1) is 0 Å². The summed E-state index contributed by atoms with van der Waals surface area (Å²) >= 11 is 0. The average molecular weight is 328 g/mol. The largest absolute Gasteiger partial charge is 0.463 e. The molecule has 0 radical (unpaired) electrons. The lowest BCUT2D eigenvalue weighted by Gasteiger charge is -2.07. The Morgan fingerprint density at radius 2 is 2.17 bits per heavy atom. The molecule has 126 valence electrons. The van der Waals surface area contributed by atoms with Crippen molar-refractivity contribution in [3.05, 3.63) is 47.7 Å². The Bertz CT molecular complexity index is 737. The molecule has 1 aromatic heterocycles. The molecule has 24 heavy (non-hydrogen) atoms. The fourth-order valence-corrected chi connectivity index (χ4v) is 2.57. The number of aryl methyl sites for hydroxylation is 2. The maximum absolute atomic E-state index is 12.2. The molecule has 0 spiro atoms. The molecule has 1 aliphatic heterocycles. The second-order valence-corrected chi connectivity index (χ2v) is 5.60. The van der Waals surface area contributed by atoms with Crippen molar-refractivity contribution >= 4 is 17.6 Å². The number of nitrogens with two attached hydrogens (primary N) is 1. The molecule has 1 atom stereocenters. The van der Waals surface area contributed by atoms with E-state index in [1.165, 1.54) is 12.0 Å². The lowest BCUT2D eigenvalue weighted by molar-refractivity contribution is 0.102. The number of rotatable bonds is 6. The van der Waals surface area contributed by atoms with Gasteiger partial charge in [0.15, 0.2) is 12.1 Å². The number of amides is 1. The van der Waals surface area contributed by atoms with Gasteiger partial charge in [0.2, 0.25) is 0 Å². The third-order valence-electron chi connectivity index (χ3n) is 3.89. The maximum Gasteiger partial charge on any atom is 0.282 e. The molecule has 0 saturated heterocycles. The first-order valence-electron chi connectivity index (χ1n) is 7.94. The summed E-state index contributed by atoms with van der Waals surface area (Å²) in [5.74, 6) is 0.323. The average Bonchev–Trinajstić information content (AvgIpc) is 3.22. The Balaban J connectivity index is 1.55. The van der Waals surface area contributed by atoms with Gasteiger partial charge < -0.3 is 20.2 Å². The standard InChI is InChI=1S/C17H20N4O3/c1-2-14-15(19-10-24-14)16(22)20-12-6-3-11(4-7-12)5-8-13-9-23-17(18)21-13/h3-4,6-7,10,13H,2,5,8-9H2,1H3,(H2,18,21)(H,20,22). The molecule has 2 heterocycles.